The number of hydrogen-bond acceptors (Lipinski definition) is 1. The zero-order valence-corrected chi connectivity index (χ0v) is 12.3. The van der Waals surface area contributed by atoms with Crippen LogP contribution in [0.1, 0.15) is 41.1 Å². The van der Waals surface area contributed by atoms with Gasteiger partial charge >= 0.3 is 0 Å². The number of nitrogens with zero attached hydrogens (tertiary/aromatic N) is 1. The van der Waals surface area contributed by atoms with Gasteiger partial charge in [-0.05, 0) is 54.8 Å². The van der Waals surface area contributed by atoms with Gasteiger partial charge in [0.15, 0.2) is 0 Å². The molecule has 0 atom stereocenters. The lowest BCUT2D eigenvalue weighted by Gasteiger charge is -2.06. The van der Waals surface area contributed by atoms with Crippen molar-refractivity contribution in [2.24, 2.45) is 0 Å². The third-order valence-electron chi connectivity index (χ3n) is 4.33. The lowest BCUT2D eigenvalue weighted by atomic mass is 10.0. The van der Waals surface area contributed by atoms with E-state index in [0.717, 1.165) is 12.3 Å². The van der Waals surface area contributed by atoms with Crippen molar-refractivity contribution in [3.05, 3.63) is 77.1 Å². The van der Waals surface area contributed by atoms with Crippen molar-refractivity contribution in [2.75, 3.05) is 0 Å². The Morgan fingerprint density at radius 2 is 1.67 bits per heavy atom. The molecule has 1 nitrogen and oxygen atoms in total. The summed E-state index contributed by atoms with van der Waals surface area (Å²) in [5, 5.41) is 2.57. The molecule has 1 heterocycles. The number of rotatable bonds is 3. The van der Waals surface area contributed by atoms with Gasteiger partial charge in [0, 0.05) is 23.2 Å². The van der Waals surface area contributed by atoms with Crippen molar-refractivity contribution in [2.45, 2.75) is 32.1 Å². The van der Waals surface area contributed by atoms with E-state index in [1.807, 2.05) is 6.20 Å². The predicted molar refractivity (Wildman–Crippen MR) is 87.7 cm³/mol. The maximum absolute atomic E-state index is 4.63. The minimum absolute atomic E-state index is 0.724. The van der Waals surface area contributed by atoms with Crippen molar-refractivity contribution >= 4 is 10.8 Å². The van der Waals surface area contributed by atoms with Crippen LogP contribution in [0.15, 0.2) is 54.7 Å². The molecular weight excluding hydrogens is 254 g/mol. The van der Waals surface area contributed by atoms with Crippen molar-refractivity contribution in [1.82, 2.24) is 4.98 Å². The first kappa shape index (κ1) is 12.6. The fourth-order valence-electron chi connectivity index (χ4n) is 2.86. The maximum Gasteiger partial charge on any atom is 0.0440 e. The molecular formula is C20H19N. The van der Waals surface area contributed by atoms with Crippen LogP contribution in [0.2, 0.25) is 0 Å². The molecule has 1 aliphatic rings. The van der Waals surface area contributed by atoms with Gasteiger partial charge < -0.3 is 0 Å². The number of fused-ring (bicyclic) bond motifs is 1. The van der Waals surface area contributed by atoms with E-state index in [9.17, 15) is 0 Å². The number of pyridine rings is 1. The SMILES string of the molecule is Cc1ccc(Cc2ccc3cc(C4CC4)ncc3c2)cc1. The summed E-state index contributed by atoms with van der Waals surface area (Å²) in [4.78, 5) is 4.63. The summed E-state index contributed by atoms with van der Waals surface area (Å²) < 4.78 is 0. The van der Waals surface area contributed by atoms with Gasteiger partial charge in [-0.1, -0.05) is 42.0 Å². The summed E-state index contributed by atoms with van der Waals surface area (Å²) in [6.45, 7) is 2.13. The zero-order valence-electron chi connectivity index (χ0n) is 12.3. The largest absolute Gasteiger partial charge is 0.260 e. The van der Waals surface area contributed by atoms with E-state index in [1.54, 1.807) is 0 Å². The topological polar surface area (TPSA) is 12.9 Å². The summed E-state index contributed by atoms with van der Waals surface area (Å²) in [5.41, 5.74) is 5.30. The molecule has 1 aromatic heterocycles. The minimum Gasteiger partial charge on any atom is -0.260 e. The Bertz CT molecular complexity index is 783. The predicted octanol–water partition coefficient (Wildman–Crippen LogP) is 5.01. The molecule has 0 aliphatic heterocycles. The molecule has 1 fully saturated rings. The quantitative estimate of drug-likeness (QED) is 0.653. The van der Waals surface area contributed by atoms with Crippen LogP contribution in [-0.2, 0) is 6.42 Å². The van der Waals surface area contributed by atoms with Gasteiger partial charge in [0.25, 0.3) is 0 Å². The van der Waals surface area contributed by atoms with Crippen LogP contribution in [0, 0.1) is 6.92 Å². The molecule has 104 valence electrons. The van der Waals surface area contributed by atoms with Crippen LogP contribution in [0.25, 0.3) is 10.8 Å². The van der Waals surface area contributed by atoms with Gasteiger partial charge in [0.2, 0.25) is 0 Å². The van der Waals surface area contributed by atoms with E-state index in [4.69, 9.17) is 0 Å². The first-order valence-electron chi connectivity index (χ1n) is 7.72. The van der Waals surface area contributed by atoms with Crippen LogP contribution in [0.3, 0.4) is 0 Å². The summed E-state index contributed by atoms with van der Waals surface area (Å²) in [6, 6.07) is 17.8. The number of benzene rings is 2. The van der Waals surface area contributed by atoms with Crippen LogP contribution in [-0.4, -0.2) is 4.98 Å². The number of aromatic nitrogens is 1. The van der Waals surface area contributed by atoms with Crippen LogP contribution >= 0.6 is 0 Å². The van der Waals surface area contributed by atoms with E-state index in [-0.39, 0.29) is 0 Å². The lowest BCUT2D eigenvalue weighted by Crippen LogP contribution is -1.90. The normalized spacial score (nSPS) is 14.5. The first-order valence-corrected chi connectivity index (χ1v) is 7.72. The van der Waals surface area contributed by atoms with Crippen molar-refractivity contribution < 1.29 is 0 Å². The Balaban J connectivity index is 1.63. The third-order valence-corrected chi connectivity index (χ3v) is 4.33. The van der Waals surface area contributed by atoms with E-state index >= 15 is 0 Å². The van der Waals surface area contributed by atoms with Gasteiger partial charge in [0.1, 0.15) is 0 Å². The monoisotopic (exact) mass is 273 g/mol. The second-order valence-corrected chi connectivity index (χ2v) is 6.23. The molecule has 0 unspecified atom stereocenters. The van der Waals surface area contributed by atoms with Crippen molar-refractivity contribution in [3.63, 3.8) is 0 Å². The molecule has 0 N–H and O–H groups in total. The Hall–Kier alpha value is -2.15. The van der Waals surface area contributed by atoms with E-state index in [2.05, 4.69) is 60.4 Å². The van der Waals surface area contributed by atoms with Gasteiger partial charge in [-0.2, -0.15) is 0 Å². The van der Waals surface area contributed by atoms with Gasteiger partial charge in [-0.15, -0.1) is 0 Å². The minimum atomic E-state index is 0.724. The lowest BCUT2D eigenvalue weighted by molar-refractivity contribution is 1.03. The van der Waals surface area contributed by atoms with Crippen molar-refractivity contribution in [1.29, 1.82) is 0 Å². The fourth-order valence-corrected chi connectivity index (χ4v) is 2.86. The smallest absolute Gasteiger partial charge is 0.0440 e. The number of aryl methyl sites for hydroxylation is 1. The standard InChI is InChI=1S/C20H19N/c1-14-2-4-15(5-3-14)10-16-6-7-18-12-20(17-8-9-17)21-13-19(18)11-16/h2-7,11-13,17H,8-10H2,1H3. The molecule has 0 spiro atoms. The second kappa shape index (κ2) is 5.00. The molecule has 0 saturated heterocycles. The molecule has 4 rings (SSSR count). The molecule has 1 heteroatoms. The average molecular weight is 273 g/mol. The second-order valence-electron chi connectivity index (χ2n) is 6.23. The number of hydrogen-bond donors (Lipinski definition) is 0. The van der Waals surface area contributed by atoms with Crippen LogP contribution in [0.5, 0.6) is 0 Å². The fraction of sp³-hybridized carbons (Fsp3) is 0.250. The molecule has 3 aromatic rings. The summed E-state index contributed by atoms with van der Waals surface area (Å²) in [6.07, 6.45) is 5.65. The van der Waals surface area contributed by atoms with E-state index < -0.39 is 0 Å². The molecule has 0 bridgehead atoms. The molecule has 21 heavy (non-hydrogen) atoms. The Morgan fingerprint density at radius 3 is 2.43 bits per heavy atom. The molecule has 0 radical (unpaired) electrons. The van der Waals surface area contributed by atoms with Gasteiger partial charge in [-0.3, -0.25) is 4.98 Å². The maximum atomic E-state index is 4.63. The van der Waals surface area contributed by atoms with Crippen LogP contribution < -0.4 is 0 Å². The Morgan fingerprint density at radius 1 is 0.905 bits per heavy atom. The van der Waals surface area contributed by atoms with Crippen LogP contribution in [0.4, 0.5) is 0 Å². The van der Waals surface area contributed by atoms with Crippen molar-refractivity contribution in [3.8, 4) is 0 Å². The highest BCUT2D eigenvalue weighted by Gasteiger charge is 2.24. The summed E-state index contributed by atoms with van der Waals surface area (Å²) in [7, 11) is 0. The molecule has 1 saturated carbocycles. The van der Waals surface area contributed by atoms with E-state index in [0.29, 0.717) is 0 Å². The van der Waals surface area contributed by atoms with E-state index in [1.165, 1.54) is 46.0 Å². The first-order chi connectivity index (χ1) is 10.3. The highest BCUT2D eigenvalue weighted by atomic mass is 14.7. The zero-order chi connectivity index (χ0) is 14.2. The summed E-state index contributed by atoms with van der Waals surface area (Å²) in [5.74, 6) is 0.724. The Labute approximate surface area is 125 Å². The highest BCUT2D eigenvalue weighted by Crippen LogP contribution is 2.39. The highest BCUT2D eigenvalue weighted by molar-refractivity contribution is 5.82. The van der Waals surface area contributed by atoms with Gasteiger partial charge in [-0.25, -0.2) is 0 Å². The molecule has 1 aliphatic carbocycles. The summed E-state index contributed by atoms with van der Waals surface area (Å²) >= 11 is 0. The molecule has 2 aromatic carbocycles. The van der Waals surface area contributed by atoms with Gasteiger partial charge in [0.05, 0.1) is 0 Å². The average Bonchev–Trinajstić information content (AvgIpc) is 3.34. The molecule has 0 amide bonds. The third kappa shape index (κ3) is 2.69. The Kier molecular flexibility index (Phi) is 2.99.